The summed E-state index contributed by atoms with van der Waals surface area (Å²) in [7, 11) is 0. The molecule has 0 bridgehead atoms. The first kappa shape index (κ1) is 18.4. The van der Waals surface area contributed by atoms with Crippen LogP contribution in [0.25, 0.3) is 21.3 Å². The minimum Gasteiger partial charge on any atom is -0.356 e. The lowest BCUT2D eigenvalue weighted by Gasteiger charge is -2.24. The van der Waals surface area contributed by atoms with Crippen molar-refractivity contribution < 1.29 is 0 Å². The van der Waals surface area contributed by atoms with Crippen molar-refractivity contribution in [2.75, 3.05) is 18.0 Å². The molecule has 3 aromatic rings. The highest BCUT2D eigenvalue weighted by Crippen LogP contribution is 2.42. The van der Waals surface area contributed by atoms with E-state index in [1.165, 1.54) is 10.4 Å². The zero-order chi connectivity index (χ0) is 18.0. The van der Waals surface area contributed by atoms with Gasteiger partial charge >= 0.3 is 0 Å². The Balaban J connectivity index is 2.27. The predicted octanol–water partition coefficient (Wildman–Crippen LogP) is 6.60. The Morgan fingerprint density at radius 2 is 1.64 bits per heavy atom. The molecule has 132 valence electrons. The molecule has 3 nitrogen and oxygen atoms in total. The highest BCUT2D eigenvalue weighted by Gasteiger charge is 2.21. The summed E-state index contributed by atoms with van der Waals surface area (Å²) in [6.45, 7) is 8.39. The van der Waals surface area contributed by atoms with Crippen molar-refractivity contribution in [2.45, 2.75) is 33.6 Å². The number of hydrogen-bond donors (Lipinski definition) is 0. The summed E-state index contributed by atoms with van der Waals surface area (Å²) in [5, 5.41) is 2.14. The molecule has 3 rings (SSSR count). The smallest absolute Gasteiger partial charge is 0.225 e. The molecule has 0 fully saturated rings. The zero-order valence-corrected chi connectivity index (χ0v) is 17.0. The van der Waals surface area contributed by atoms with Crippen LogP contribution >= 0.6 is 34.5 Å². The van der Waals surface area contributed by atoms with E-state index in [4.69, 9.17) is 23.2 Å². The third-order valence-electron chi connectivity index (χ3n) is 4.10. The Labute approximate surface area is 162 Å². The molecule has 2 heterocycles. The van der Waals surface area contributed by atoms with Crippen LogP contribution < -0.4 is 4.90 Å². The fraction of sp³-hybridized carbons (Fsp3) is 0.368. The van der Waals surface area contributed by atoms with E-state index in [2.05, 4.69) is 47.8 Å². The van der Waals surface area contributed by atoms with Crippen LogP contribution in [0.1, 0.15) is 31.6 Å². The molecule has 0 aliphatic heterocycles. The molecule has 0 saturated carbocycles. The summed E-state index contributed by atoms with van der Waals surface area (Å²) >= 11 is 14.0. The number of hydrogen-bond acceptors (Lipinski definition) is 4. The van der Waals surface area contributed by atoms with Crippen LogP contribution in [0.2, 0.25) is 10.3 Å². The molecule has 0 aliphatic carbocycles. The summed E-state index contributed by atoms with van der Waals surface area (Å²) in [4.78, 5) is 13.6. The highest BCUT2D eigenvalue weighted by atomic mass is 35.5. The van der Waals surface area contributed by atoms with Gasteiger partial charge in [-0.05, 0) is 49.1 Å². The van der Waals surface area contributed by atoms with Crippen molar-refractivity contribution >= 4 is 50.6 Å². The van der Waals surface area contributed by atoms with Crippen molar-refractivity contribution in [3.8, 4) is 11.1 Å². The maximum Gasteiger partial charge on any atom is 0.225 e. The largest absolute Gasteiger partial charge is 0.356 e. The first-order valence-electron chi connectivity index (χ1n) is 8.52. The number of halogens is 2. The van der Waals surface area contributed by atoms with E-state index in [1.54, 1.807) is 11.3 Å². The van der Waals surface area contributed by atoms with Gasteiger partial charge in [0.2, 0.25) is 5.28 Å². The molecule has 0 N–H and O–H groups in total. The standard InChI is InChI=1S/C19H21Cl2N3S/c1-4-10-24(11-5-2)17-16-15(13-6-8-14(20)9-7-13)12(3)25-18(16)23-19(21)22-17/h6-9H,4-5,10-11H2,1-3H3. The zero-order valence-electron chi connectivity index (χ0n) is 14.6. The minimum atomic E-state index is 0.309. The summed E-state index contributed by atoms with van der Waals surface area (Å²) in [6.07, 6.45) is 2.12. The number of aryl methyl sites for hydroxylation is 1. The molecule has 0 aliphatic rings. The van der Waals surface area contributed by atoms with E-state index < -0.39 is 0 Å². The molecule has 0 amide bonds. The molecule has 0 saturated heterocycles. The van der Waals surface area contributed by atoms with Gasteiger partial charge in [0.15, 0.2) is 0 Å². The van der Waals surface area contributed by atoms with Gasteiger partial charge in [-0.15, -0.1) is 11.3 Å². The Morgan fingerprint density at radius 3 is 2.24 bits per heavy atom. The second kappa shape index (κ2) is 7.90. The molecule has 1 aromatic carbocycles. The Morgan fingerprint density at radius 1 is 1.00 bits per heavy atom. The lowest BCUT2D eigenvalue weighted by Crippen LogP contribution is -2.26. The van der Waals surface area contributed by atoms with E-state index in [1.807, 2.05) is 12.1 Å². The van der Waals surface area contributed by atoms with Crippen LogP contribution in [-0.2, 0) is 0 Å². The van der Waals surface area contributed by atoms with Crippen molar-refractivity contribution in [1.82, 2.24) is 9.97 Å². The number of fused-ring (bicyclic) bond motifs is 1. The van der Waals surface area contributed by atoms with Crippen LogP contribution in [0.4, 0.5) is 5.82 Å². The first-order valence-corrected chi connectivity index (χ1v) is 10.1. The fourth-order valence-electron chi connectivity index (χ4n) is 3.12. The van der Waals surface area contributed by atoms with Gasteiger partial charge in [0.05, 0.1) is 5.39 Å². The SMILES string of the molecule is CCCN(CCC)c1nc(Cl)nc2sc(C)c(-c3ccc(Cl)cc3)c12. The van der Waals surface area contributed by atoms with Crippen molar-refractivity contribution in [1.29, 1.82) is 0 Å². The molecular weight excluding hydrogens is 373 g/mol. The molecule has 0 atom stereocenters. The monoisotopic (exact) mass is 393 g/mol. The molecule has 0 unspecified atom stereocenters. The highest BCUT2D eigenvalue weighted by molar-refractivity contribution is 7.19. The van der Waals surface area contributed by atoms with E-state index in [0.717, 1.165) is 52.6 Å². The van der Waals surface area contributed by atoms with Gasteiger partial charge < -0.3 is 4.90 Å². The van der Waals surface area contributed by atoms with Crippen LogP contribution in [-0.4, -0.2) is 23.1 Å². The van der Waals surface area contributed by atoms with E-state index >= 15 is 0 Å². The Bertz CT molecular complexity index is 869. The average Bonchev–Trinajstić information content (AvgIpc) is 2.90. The van der Waals surface area contributed by atoms with Crippen LogP contribution in [0, 0.1) is 6.92 Å². The Hall–Kier alpha value is -1.36. The van der Waals surface area contributed by atoms with Gasteiger partial charge in [-0.25, -0.2) is 4.98 Å². The predicted molar refractivity (Wildman–Crippen MR) is 110 cm³/mol. The number of benzene rings is 1. The van der Waals surface area contributed by atoms with Crippen molar-refractivity contribution in [3.05, 3.63) is 39.4 Å². The summed E-state index contributed by atoms with van der Waals surface area (Å²) in [5.41, 5.74) is 2.31. The summed E-state index contributed by atoms with van der Waals surface area (Å²) in [6, 6.07) is 7.96. The fourth-order valence-corrected chi connectivity index (χ4v) is 4.50. The normalized spacial score (nSPS) is 11.2. The Kier molecular flexibility index (Phi) is 5.82. The van der Waals surface area contributed by atoms with Gasteiger partial charge in [0, 0.05) is 28.6 Å². The molecule has 2 aromatic heterocycles. The molecule has 0 spiro atoms. The number of nitrogens with zero attached hydrogens (tertiary/aromatic N) is 3. The van der Waals surface area contributed by atoms with Gasteiger partial charge in [0.1, 0.15) is 10.6 Å². The van der Waals surface area contributed by atoms with Crippen LogP contribution in [0.3, 0.4) is 0 Å². The number of anilines is 1. The van der Waals surface area contributed by atoms with Crippen LogP contribution in [0.15, 0.2) is 24.3 Å². The maximum atomic E-state index is 6.24. The second-order valence-corrected chi connectivity index (χ2v) is 8.00. The van der Waals surface area contributed by atoms with E-state index in [0.29, 0.717) is 5.28 Å². The van der Waals surface area contributed by atoms with Crippen molar-refractivity contribution in [3.63, 3.8) is 0 Å². The number of aromatic nitrogens is 2. The lowest BCUT2D eigenvalue weighted by atomic mass is 10.0. The summed E-state index contributed by atoms with van der Waals surface area (Å²) < 4.78 is 0. The van der Waals surface area contributed by atoms with E-state index in [9.17, 15) is 0 Å². The van der Waals surface area contributed by atoms with Crippen LogP contribution in [0.5, 0.6) is 0 Å². The maximum absolute atomic E-state index is 6.24. The minimum absolute atomic E-state index is 0.309. The average molecular weight is 394 g/mol. The topological polar surface area (TPSA) is 29.0 Å². The van der Waals surface area contributed by atoms with E-state index in [-0.39, 0.29) is 0 Å². The number of thiophene rings is 1. The molecule has 25 heavy (non-hydrogen) atoms. The van der Waals surface area contributed by atoms with Crippen molar-refractivity contribution in [2.24, 2.45) is 0 Å². The molecule has 0 radical (unpaired) electrons. The molecule has 6 heteroatoms. The molecular formula is C19H21Cl2N3S. The third kappa shape index (κ3) is 3.76. The second-order valence-electron chi connectivity index (χ2n) is 6.02. The lowest BCUT2D eigenvalue weighted by molar-refractivity contribution is 0.736. The first-order chi connectivity index (χ1) is 12.0. The third-order valence-corrected chi connectivity index (χ3v) is 5.52. The van der Waals surface area contributed by atoms with Gasteiger partial charge in [-0.3, -0.25) is 0 Å². The summed E-state index contributed by atoms with van der Waals surface area (Å²) in [5.74, 6) is 0.938. The van der Waals surface area contributed by atoms with Gasteiger partial charge in [0.25, 0.3) is 0 Å². The number of rotatable bonds is 6. The van der Waals surface area contributed by atoms with Gasteiger partial charge in [-0.2, -0.15) is 4.98 Å². The van der Waals surface area contributed by atoms with Gasteiger partial charge in [-0.1, -0.05) is 37.6 Å². The quantitative estimate of drug-likeness (QED) is 0.441.